The highest BCUT2D eigenvalue weighted by atomic mass is 32.2. The molecule has 0 atom stereocenters. The van der Waals surface area contributed by atoms with Gasteiger partial charge in [-0.05, 0) is 36.8 Å². The first-order chi connectivity index (χ1) is 13.0. The second kappa shape index (κ2) is 7.05. The molecule has 0 aliphatic heterocycles. The number of benzene rings is 1. The second-order valence-corrected chi connectivity index (χ2v) is 8.95. The van der Waals surface area contributed by atoms with E-state index >= 15 is 0 Å². The summed E-state index contributed by atoms with van der Waals surface area (Å²) in [5, 5.41) is 13.3. The van der Waals surface area contributed by atoms with Crippen LogP contribution < -0.4 is 5.32 Å². The van der Waals surface area contributed by atoms with Crippen LogP contribution in [-0.2, 0) is 22.0 Å². The van der Waals surface area contributed by atoms with Gasteiger partial charge in [-0.25, -0.2) is 18.4 Å². The van der Waals surface area contributed by atoms with Crippen LogP contribution in [0.25, 0.3) is 11.0 Å². The molecule has 8 nitrogen and oxygen atoms in total. The van der Waals surface area contributed by atoms with Crippen molar-refractivity contribution in [2.45, 2.75) is 24.0 Å². The fourth-order valence-electron chi connectivity index (χ4n) is 2.59. The summed E-state index contributed by atoms with van der Waals surface area (Å²) in [4.78, 5) is 11.6. The first kappa shape index (κ1) is 17.6. The van der Waals surface area contributed by atoms with Gasteiger partial charge in [-0.1, -0.05) is 6.92 Å². The Morgan fingerprint density at radius 2 is 1.85 bits per heavy atom. The smallest absolute Gasteiger partial charge is 0.184 e. The van der Waals surface area contributed by atoms with E-state index in [1.165, 1.54) is 17.7 Å². The van der Waals surface area contributed by atoms with Crippen molar-refractivity contribution in [1.82, 2.24) is 25.1 Å². The van der Waals surface area contributed by atoms with Gasteiger partial charge < -0.3 is 10.3 Å². The highest BCUT2D eigenvalue weighted by molar-refractivity contribution is 7.90. The average molecular weight is 400 g/mol. The third kappa shape index (κ3) is 3.67. The number of nitrogens with zero attached hydrogens (tertiary/aromatic N) is 4. The number of aromatic amines is 1. The largest absolute Gasteiger partial charge is 0.346 e. The SMILES string of the molecule is CCc1nnc(CS(=O)(=O)c2ccc(Nc3ncnc4[nH]ccc34)cc2)s1. The van der Waals surface area contributed by atoms with E-state index in [1.54, 1.807) is 30.5 Å². The number of H-pyrrole nitrogens is 1. The molecule has 0 unspecified atom stereocenters. The van der Waals surface area contributed by atoms with Crippen molar-refractivity contribution in [2.24, 2.45) is 0 Å². The minimum Gasteiger partial charge on any atom is -0.346 e. The lowest BCUT2D eigenvalue weighted by atomic mass is 10.3. The molecule has 138 valence electrons. The molecule has 0 fully saturated rings. The van der Waals surface area contributed by atoms with Crippen molar-refractivity contribution in [1.29, 1.82) is 0 Å². The maximum Gasteiger partial charge on any atom is 0.184 e. The lowest BCUT2D eigenvalue weighted by Gasteiger charge is -2.08. The summed E-state index contributed by atoms with van der Waals surface area (Å²) in [5.74, 6) is 0.505. The quantitative estimate of drug-likeness (QED) is 0.511. The van der Waals surface area contributed by atoms with E-state index in [1.807, 2.05) is 13.0 Å². The summed E-state index contributed by atoms with van der Waals surface area (Å²) in [6, 6.07) is 8.46. The van der Waals surface area contributed by atoms with Gasteiger partial charge in [-0.3, -0.25) is 0 Å². The number of nitrogens with one attached hydrogen (secondary N) is 2. The maximum absolute atomic E-state index is 12.6. The van der Waals surface area contributed by atoms with E-state index in [-0.39, 0.29) is 10.6 Å². The molecular weight excluding hydrogens is 384 g/mol. The molecular formula is C17H16N6O2S2. The van der Waals surface area contributed by atoms with Gasteiger partial charge in [-0.2, -0.15) is 0 Å². The molecule has 0 radical (unpaired) electrons. The molecule has 1 aromatic carbocycles. The number of fused-ring (bicyclic) bond motifs is 1. The Bertz CT molecular complexity index is 1180. The number of hydrogen-bond donors (Lipinski definition) is 2. The lowest BCUT2D eigenvalue weighted by molar-refractivity contribution is 0.595. The Kier molecular flexibility index (Phi) is 4.58. The molecule has 4 rings (SSSR count). The van der Waals surface area contributed by atoms with Gasteiger partial charge in [0.25, 0.3) is 0 Å². The van der Waals surface area contributed by atoms with Crippen molar-refractivity contribution in [3.8, 4) is 0 Å². The van der Waals surface area contributed by atoms with Gasteiger partial charge in [0.1, 0.15) is 33.6 Å². The summed E-state index contributed by atoms with van der Waals surface area (Å²) in [6.45, 7) is 1.96. The van der Waals surface area contributed by atoms with E-state index in [0.29, 0.717) is 10.8 Å². The van der Waals surface area contributed by atoms with Gasteiger partial charge >= 0.3 is 0 Å². The standard InChI is InChI=1S/C17H16N6O2S2/c1-2-14-22-23-15(26-14)9-27(24,25)12-5-3-11(4-6-12)21-17-13-7-8-18-16(13)19-10-20-17/h3-8,10H,2,9H2,1H3,(H2,18,19,20,21). The number of rotatable bonds is 6. The van der Waals surface area contributed by atoms with Crippen LogP contribution in [0.15, 0.2) is 47.8 Å². The summed E-state index contributed by atoms with van der Waals surface area (Å²) in [7, 11) is -3.47. The van der Waals surface area contributed by atoms with E-state index in [9.17, 15) is 8.42 Å². The van der Waals surface area contributed by atoms with E-state index in [0.717, 1.165) is 28.1 Å². The van der Waals surface area contributed by atoms with Gasteiger partial charge in [0.05, 0.1) is 10.3 Å². The summed E-state index contributed by atoms with van der Waals surface area (Å²) < 4.78 is 25.2. The molecule has 0 aliphatic carbocycles. The Morgan fingerprint density at radius 3 is 2.59 bits per heavy atom. The highest BCUT2D eigenvalue weighted by Gasteiger charge is 2.18. The Labute approximate surface area is 159 Å². The van der Waals surface area contributed by atoms with E-state index in [2.05, 4.69) is 30.5 Å². The Balaban J connectivity index is 1.53. The van der Waals surface area contributed by atoms with Crippen LogP contribution in [-0.4, -0.2) is 33.6 Å². The Morgan fingerprint density at radius 1 is 1.07 bits per heavy atom. The zero-order valence-electron chi connectivity index (χ0n) is 14.4. The minimum atomic E-state index is -3.47. The zero-order valence-corrected chi connectivity index (χ0v) is 16.0. The summed E-state index contributed by atoms with van der Waals surface area (Å²) >= 11 is 1.33. The summed E-state index contributed by atoms with van der Waals surface area (Å²) in [6.07, 6.45) is 4.00. The van der Waals surface area contributed by atoms with Crippen LogP contribution in [0, 0.1) is 0 Å². The molecule has 0 spiro atoms. The number of aromatic nitrogens is 5. The first-order valence-corrected chi connectivity index (χ1v) is 10.7. The first-order valence-electron chi connectivity index (χ1n) is 8.24. The normalized spacial score (nSPS) is 11.7. The third-order valence-corrected chi connectivity index (χ3v) is 6.85. The molecule has 2 N–H and O–H groups in total. The molecule has 0 aliphatic rings. The van der Waals surface area contributed by atoms with Gasteiger partial charge in [-0.15, -0.1) is 21.5 Å². The average Bonchev–Trinajstić information content (AvgIpc) is 3.31. The van der Waals surface area contributed by atoms with Crippen LogP contribution in [0.5, 0.6) is 0 Å². The molecule has 3 heterocycles. The van der Waals surface area contributed by atoms with Gasteiger partial charge in [0.15, 0.2) is 9.84 Å². The summed E-state index contributed by atoms with van der Waals surface area (Å²) in [5.41, 5.74) is 1.47. The van der Waals surface area contributed by atoms with E-state index in [4.69, 9.17) is 0 Å². The van der Waals surface area contributed by atoms with Crippen molar-refractivity contribution < 1.29 is 8.42 Å². The fourth-order valence-corrected chi connectivity index (χ4v) is 4.97. The van der Waals surface area contributed by atoms with Crippen molar-refractivity contribution >= 4 is 43.7 Å². The highest BCUT2D eigenvalue weighted by Crippen LogP contribution is 2.24. The second-order valence-electron chi connectivity index (χ2n) is 5.81. The molecule has 0 bridgehead atoms. The fraction of sp³-hybridized carbons (Fsp3) is 0.176. The topological polar surface area (TPSA) is 114 Å². The molecule has 0 saturated carbocycles. The number of hydrogen-bond acceptors (Lipinski definition) is 8. The van der Waals surface area contributed by atoms with Crippen molar-refractivity contribution in [3.63, 3.8) is 0 Å². The van der Waals surface area contributed by atoms with Crippen molar-refractivity contribution in [2.75, 3.05) is 5.32 Å². The molecule has 0 saturated heterocycles. The van der Waals surface area contributed by atoms with Crippen LogP contribution in [0.1, 0.15) is 16.9 Å². The number of aryl methyl sites for hydroxylation is 1. The lowest BCUT2D eigenvalue weighted by Crippen LogP contribution is -2.05. The molecule has 4 aromatic rings. The van der Waals surface area contributed by atoms with Gasteiger partial charge in [0, 0.05) is 11.9 Å². The van der Waals surface area contributed by atoms with E-state index < -0.39 is 9.84 Å². The number of sulfone groups is 1. The van der Waals surface area contributed by atoms with Crippen LogP contribution >= 0.6 is 11.3 Å². The third-order valence-electron chi connectivity index (χ3n) is 3.95. The van der Waals surface area contributed by atoms with Crippen LogP contribution in [0.4, 0.5) is 11.5 Å². The molecule has 10 heteroatoms. The molecule has 0 amide bonds. The zero-order chi connectivity index (χ0) is 18.9. The molecule has 3 aromatic heterocycles. The Hall–Kier alpha value is -2.85. The molecule has 27 heavy (non-hydrogen) atoms. The van der Waals surface area contributed by atoms with Crippen LogP contribution in [0.3, 0.4) is 0 Å². The van der Waals surface area contributed by atoms with Crippen molar-refractivity contribution in [3.05, 3.63) is 52.9 Å². The van der Waals surface area contributed by atoms with Gasteiger partial charge in [0.2, 0.25) is 0 Å². The monoisotopic (exact) mass is 400 g/mol. The predicted octanol–water partition coefficient (Wildman–Crippen LogP) is 3.09. The predicted molar refractivity (Wildman–Crippen MR) is 104 cm³/mol. The minimum absolute atomic E-state index is 0.146. The van der Waals surface area contributed by atoms with Crippen LogP contribution in [0.2, 0.25) is 0 Å². The number of anilines is 2. The maximum atomic E-state index is 12.6.